The highest BCUT2D eigenvalue weighted by Crippen LogP contribution is 2.52. The summed E-state index contributed by atoms with van der Waals surface area (Å²) in [7, 11) is 0. The first-order chi connectivity index (χ1) is 7.58. The molecule has 1 atom stereocenters. The molecular weight excluding hydrogens is 379 g/mol. The highest BCUT2D eigenvalue weighted by atomic mass is 79.9. The van der Waals surface area contributed by atoms with Crippen molar-refractivity contribution in [1.82, 2.24) is 0 Å². The minimum absolute atomic E-state index is 0.435. The summed E-state index contributed by atoms with van der Waals surface area (Å²) in [6, 6.07) is 6.35. The Morgan fingerprint density at radius 2 is 1.35 bits per heavy atom. The van der Waals surface area contributed by atoms with Crippen molar-refractivity contribution < 1.29 is 26.7 Å². The van der Waals surface area contributed by atoms with Gasteiger partial charge < -0.3 is 4.74 Å². The fourth-order valence-electron chi connectivity index (χ4n) is 0.866. The molecule has 8 heteroatoms. The van der Waals surface area contributed by atoms with E-state index in [9.17, 15) is 22.0 Å². The lowest BCUT2D eigenvalue weighted by Gasteiger charge is -2.30. The molecule has 0 aliphatic rings. The van der Waals surface area contributed by atoms with E-state index in [2.05, 4.69) is 4.74 Å². The maximum absolute atomic E-state index is 13.3. The number of ether oxygens (including phenoxy) is 1. The van der Waals surface area contributed by atoms with E-state index in [-0.39, 0.29) is 0 Å². The normalized spacial score (nSPS) is 16.4. The predicted molar refractivity (Wildman–Crippen MR) is 58.7 cm³/mol. The average molecular weight is 384 g/mol. The van der Waals surface area contributed by atoms with E-state index in [1.807, 2.05) is 0 Å². The van der Waals surface area contributed by atoms with E-state index >= 15 is 0 Å². The Morgan fingerprint density at radius 3 is 1.76 bits per heavy atom. The quantitative estimate of drug-likeness (QED) is 0.540. The van der Waals surface area contributed by atoms with Gasteiger partial charge in [0.1, 0.15) is 5.75 Å². The smallest absolute Gasteiger partial charge is 0.429 e. The number of alkyl halides is 7. The third kappa shape index (κ3) is 3.09. The molecule has 1 aromatic rings. The van der Waals surface area contributed by atoms with Crippen molar-refractivity contribution >= 4 is 31.9 Å². The van der Waals surface area contributed by atoms with Gasteiger partial charge in [-0.05, 0) is 44.0 Å². The van der Waals surface area contributed by atoms with Crippen molar-refractivity contribution in [3.05, 3.63) is 30.3 Å². The minimum atomic E-state index is -4.76. The molecule has 0 unspecified atom stereocenters. The molecule has 17 heavy (non-hydrogen) atoms. The highest BCUT2D eigenvalue weighted by molar-refractivity contribution is 9.12. The van der Waals surface area contributed by atoms with Crippen molar-refractivity contribution in [1.29, 1.82) is 0 Å². The molecule has 0 aliphatic carbocycles. The Hall–Kier alpha value is -0.370. The van der Waals surface area contributed by atoms with Crippen LogP contribution in [0.4, 0.5) is 22.0 Å². The van der Waals surface area contributed by atoms with Gasteiger partial charge in [-0.25, -0.2) is 4.39 Å². The average Bonchev–Trinajstić information content (AvgIpc) is 2.16. The number of halogens is 7. The van der Waals surface area contributed by atoms with Crippen LogP contribution in [0.15, 0.2) is 30.3 Å². The summed E-state index contributed by atoms with van der Waals surface area (Å²) in [6.45, 7) is 0. The van der Waals surface area contributed by atoms with Crippen molar-refractivity contribution in [3.63, 3.8) is 0 Å². The second-order valence-corrected chi connectivity index (χ2v) is 5.09. The molecule has 1 rings (SSSR count). The zero-order valence-corrected chi connectivity index (χ0v) is 11.1. The van der Waals surface area contributed by atoms with Gasteiger partial charge in [0.05, 0.1) is 0 Å². The van der Waals surface area contributed by atoms with E-state index in [4.69, 9.17) is 0 Å². The van der Waals surface area contributed by atoms with E-state index in [1.54, 1.807) is 15.9 Å². The van der Waals surface area contributed by atoms with Crippen molar-refractivity contribution in [3.8, 4) is 5.75 Å². The summed E-state index contributed by atoms with van der Waals surface area (Å²) in [4.78, 5) is -4.50. The van der Waals surface area contributed by atoms with Gasteiger partial charge in [0.15, 0.2) is 0 Å². The fraction of sp³-hybridized carbons (Fsp3) is 0.333. The van der Waals surface area contributed by atoms with E-state index < -0.39 is 21.3 Å². The minimum Gasteiger partial charge on any atom is -0.429 e. The first-order valence-corrected chi connectivity index (χ1v) is 5.73. The Balaban J connectivity index is 2.96. The van der Waals surface area contributed by atoms with Gasteiger partial charge in [0.25, 0.3) is 0 Å². The lowest BCUT2D eigenvalue weighted by molar-refractivity contribution is -0.262. The molecule has 0 radical (unpaired) electrons. The number of hydrogen-bond donors (Lipinski definition) is 0. The van der Waals surface area contributed by atoms with Crippen LogP contribution < -0.4 is 4.74 Å². The topological polar surface area (TPSA) is 9.23 Å². The summed E-state index contributed by atoms with van der Waals surface area (Å²) >= 11 is 3.18. The molecule has 0 saturated heterocycles. The Labute approximate surface area is 110 Å². The Morgan fingerprint density at radius 1 is 0.882 bits per heavy atom. The summed E-state index contributed by atoms with van der Waals surface area (Å²) in [5, 5.41) is 0. The number of para-hydroxylation sites is 1. The van der Waals surface area contributed by atoms with E-state index in [0.29, 0.717) is 0 Å². The predicted octanol–water partition coefficient (Wildman–Crippen LogP) is 4.71. The van der Waals surface area contributed by atoms with Gasteiger partial charge in [-0.15, -0.1) is 0 Å². The van der Waals surface area contributed by atoms with Crippen LogP contribution in [0.25, 0.3) is 0 Å². The molecule has 0 heterocycles. The molecular formula is C9H5Br2F5O. The third-order valence-corrected chi connectivity index (χ3v) is 3.75. The molecule has 1 nitrogen and oxygen atoms in total. The SMILES string of the molecule is FC(F)(Br)[C@@](F)(Br)C(F)(F)Oc1ccccc1. The van der Waals surface area contributed by atoms with Crippen LogP contribution >= 0.6 is 31.9 Å². The molecule has 0 aliphatic heterocycles. The van der Waals surface area contributed by atoms with Crippen molar-refractivity contribution in [2.75, 3.05) is 0 Å². The van der Waals surface area contributed by atoms with Gasteiger partial charge in [-0.3, -0.25) is 0 Å². The van der Waals surface area contributed by atoms with Crippen LogP contribution in [0.2, 0.25) is 0 Å². The Bertz CT molecular complexity index is 377. The lowest BCUT2D eigenvalue weighted by Crippen LogP contribution is -2.53. The third-order valence-electron chi connectivity index (χ3n) is 1.71. The van der Waals surface area contributed by atoms with Gasteiger partial charge >= 0.3 is 15.5 Å². The molecule has 1 aromatic carbocycles. The molecule has 0 bridgehead atoms. The van der Waals surface area contributed by atoms with Crippen LogP contribution in [-0.4, -0.2) is 15.5 Å². The zero-order valence-electron chi connectivity index (χ0n) is 7.94. The summed E-state index contributed by atoms with van der Waals surface area (Å²) < 4.78 is 64.6. The maximum atomic E-state index is 13.3. The van der Waals surface area contributed by atoms with Crippen molar-refractivity contribution in [2.45, 2.75) is 15.5 Å². The molecule has 0 spiro atoms. The molecule has 0 aromatic heterocycles. The zero-order chi connectivity index (χ0) is 13.3. The molecule has 0 N–H and O–H groups in total. The first kappa shape index (κ1) is 14.7. The van der Waals surface area contributed by atoms with Crippen LogP contribution in [-0.2, 0) is 0 Å². The number of rotatable bonds is 4. The largest absolute Gasteiger partial charge is 0.450 e. The van der Waals surface area contributed by atoms with Crippen LogP contribution in [0.5, 0.6) is 5.75 Å². The molecule has 0 fully saturated rings. The van der Waals surface area contributed by atoms with Gasteiger partial charge in [0.2, 0.25) is 0 Å². The fourth-order valence-corrected chi connectivity index (χ4v) is 1.18. The van der Waals surface area contributed by atoms with Crippen LogP contribution in [0.1, 0.15) is 0 Å². The van der Waals surface area contributed by atoms with Gasteiger partial charge in [-0.2, -0.15) is 17.6 Å². The highest BCUT2D eigenvalue weighted by Gasteiger charge is 2.70. The molecule has 96 valence electrons. The van der Waals surface area contributed by atoms with Crippen LogP contribution in [0, 0.1) is 0 Å². The van der Waals surface area contributed by atoms with E-state index in [1.165, 1.54) is 34.1 Å². The lowest BCUT2D eigenvalue weighted by atomic mass is 10.3. The van der Waals surface area contributed by atoms with Gasteiger partial charge in [-0.1, -0.05) is 18.2 Å². The second-order valence-electron chi connectivity index (χ2n) is 3.00. The van der Waals surface area contributed by atoms with E-state index in [0.717, 1.165) is 12.1 Å². The monoisotopic (exact) mass is 382 g/mol. The van der Waals surface area contributed by atoms with Crippen LogP contribution in [0.3, 0.4) is 0 Å². The van der Waals surface area contributed by atoms with Gasteiger partial charge in [0, 0.05) is 0 Å². The molecule has 0 amide bonds. The molecule has 0 saturated carbocycles. The standard InChI is InChI=1S/C9H5Br2F5O/c10-7(12,8(11,13)14)9(15,16)17-6-4-2-1-3-5-6/h1-5H/t7-/m0/s1. The second kappa shape index (κ2) is 4.72. The summed E-state index contributed by atoms with van der Waals surface area (Å²) in [5.41, 5.74) is 0. The maximum Gasteiger partial charge on any atom is 0.450 e. The first-order valence-electron chi connectivity index (χ1n) is 4.14. The van der Waals surface area contributed by atoms with Crippen molar-refractivity contribution in [2.24, 2.45) is 0 Å². The Kier molecular flexibility index (Phi) is 4.08. The summed E-state index contributed by atoms with van der Waals surface area (Å²) in [6.07, 6.45) is -4.76. The number of benzene rings is 1. The summed E-state index contributed by atoms with van der Waals surface area (Å²) in [5.74, 6) is -0.435. The number of hydrogen-bond acceptors (Lipinski definition) is 1.